The fourth-order valence-corrected chi connectivity index (χ4v) is 3.25. The Morgan fingerprint density at radius 1 is 1.07 bits per heavy atom. The normalized spacial score (nSPS) is 10.5. The number of nitrogens with one attached hydrogen (secondary N) is 2. The van der Waals surface area contributed by atoms with Crippen LogP contribution in [0.3, 0.4) is 0 Å². The number of aromatic amines is 1. The number of nitriles is 1. The number of rotatable bonds is 8. The van der Waals surface area contributed by atoms with Crippen molar-refractivity contribution in [2.24, 2.45) is 5.73 Å². The van der Waals surface area contributed by atoms with Crippen LogP contribution in [0.25, 0.3) is 10.9 Å². The predicted octanol–water partition coefficient (Wildman–Crippen LogP) is 2.51. The van der Waals surface area contributed by atoms with Gasteiger partial charge in [-0.3, -0.25) is 9.59 Å². The van der Waals surface area contributed by atoms with Crippen LogP contribution >= 0.6 is 0 Å². The van der Waals surface area contributed by atoms with Crippen molar-refractivity contribution in [2.45, 2.75) is 32.2 Å². The second-order valence-corrected chi connectivity index (χ2v) is 6.70. The Kier molecular flexibility index (Phi) is 6.07. The Labute approximate surface area is 163 Å². The highest BCUT2D eigenvalue weighted by atomic mass is 16.1. The number of para-hydroxylation sites is 1. The number of amides is 2. The van der Waals surface area contributed by atoms with E-state index in [2.05, 4.69) is 16.4 Å². The summed E-state index contributed by atoms with van der Waals surface area (Å²) in [6, 6.07) is 17.5. The SMILES string of the molecule is N#CCc1c(CCC(=O)NCc2ccc(CC(N)=O)cc2)[nH]c2ccccc12. The summed E-state index contributed by atoms with van der Waals surface area (Å²) in [5.41, 5.74) is 9.88. The molecule has 0 spiro atoms. The molecule has 0 saturated carbocycles. The average molecular weight is 374 g/mol. The van der Waals surface area contributed by atoms with Crippen molar-refractivity contribution < 1.29 is 9.59 Å². The molecule has 0 bridgehead atoms. The molecule has 0 unspecified atom stereocenters. The molecule has 0 saturated heterocycles. The van der Waals surface area contributed by atoms with Crippen LogP contribution in [0.1, 0.15) is 28.8 Å². The van der Waals surface area contributed by atoms with Crippen LogP contribution in [-0.2, 0) is 35.4 Å². The number of hydrogen-bond donors (Lipinski definition) is 3. The van der Waals surface area contributed by atoms with Crippen LogP contribution in [0.15, 0.2) is 48.5 Å². The number of benzene rings is 2. The average Bonchev–Trinajstić information content (AvgIpc) is 3.03. The summed E-state index contributed by atoms with van der Waals surface area (Å²) in [6.07, 6.45) is 1.42. The standard InChI is InChI=1S/C22H22N4O2/c23-12-11-18-17-3-1-2-4-19(17)26-20(18)9-10-22(28)25-14-16-7-5-15(6-8-16)13-21(24)27/h1-8,26H,9-11,13-14H2,(H2,24,27)(H,25,28). The number of carbonyl (C=O) groups excluding carboxylic acids is 2. The zero-order valence-corrected chi connectivity index (χ0v) is 15.5. The van der Waals surface area contributed by atoms with Gasteiger partial charge < -0.3 is 16.0 Å². The summed E-state index contributed by atoms with van der Waals surface area (Å²) in [5, 5.41) is 13.1. The molecule has 3 aromatic rings. The largest absolute Gasteiger partial charge is 0.369 e. The molecule has 28 heavy (non-hydrogen) atoms. The maximum Gasteiger partial charge on any atom is 0.221 e. The van der Waals surface area contributed by atoms with Gasteiger partial charge in [0.25, 0.3) is 0 Å². The molecule has 0 fully saturated rings. The third kappa shape index (κ3) is 4.77. The number of fused-ring (bicyclic) bond motifs is 1. The molecule has 3 rings (SSSR count). The number of H-pyrrole nitrogens is 1. The van der Waals surface area contributed by atoms with E-state index in [1.54, 1.807) is 0 Å². The quantitative estimate of drug-likeness (QED) is 0.563. The van der Waals surface area contributed by atoms with E-state index in [1.807, 2.05) is 48.5 Å². The van der Waals surface area contributed by atoms with Gasteiger partial charge >= 0.3 is 0 Å². The number of carbonyl (C=O) groups is 2. The maximum atomic E-state index is 12.2. The van der Waals surface area contributed by atoms with E-state index in [1.165, 1.54) is 0 Å². The minimum absolute atomic E-state index is 0.0530. The fourth-order valence-electron chi connectivity index (χ4n) is 3.25. The van der Waals surface area contributed by atoms with Crippen molar-refractivity contribution in [3.05, 3.63) is 70.9 Å². The first-order valence-corrected chi connectivity index (χ1v) is 9.15. The van der Waals surface area contributed by atoms with Gasteiger partial charge in [0.2, 0.25) is 11.8 Å². The van der Waals surface area contributed by atoms with Crippen molar-refractivity contribution in [2.75, 3.05) is 0 Å². The van der Waals surface area contributed by atoms with Crippen LogP contribution in [-0.4, -0.2) is 16.8 Å². The number of primary amides is 1. The summed E-state index contributed by atoms with van der Waals surface area (Å²) in [4.78, 5) is 26.5. The number of aryl methyl sites for hydroxylation is 1. The highest BCUT2D eigenvalue weighted by molar-refractivity contribution is 5.85. The molecule has 6 nitrogen and oxygen atoms in total. The Hall–Kier alpha value is -3.59. The molecule has 0 aliphatic carbocycles. The zero-order valence-electron chi connectivity index (χ0n) is 15.5. The summed E-state index contributed by atoms with van der Waals surface area (Å²) in [6.45, 7) is 0.424. The van der Waals surface area contributed by atoms with E-state index in [-0.39, 0.29) is 18.2 Å². The topological polar surface area (TPSA) is 112 Å². The number of hydrogen-bond acceptors (Lipinski definition) is 3. The van der Waals surface area contributed by atoms with Crippen molar-refractivity contribution in [3.8, 4) is 6.07 Å². The highest BCUT2D eigenvalue weighted by Gasteiger charge is 2.12. The molecule has 2 aromatic carbocycles. The summed E-state index contributed by atoms with van der Waals surface area (Å²) < 4.78 is 0. The first-order chi connectivity index (χ1) is 13.6. The first-order valence-electron chi connectivity index (χ1n) is 9.15. The van der Waals surface area contributed by atoms with Crippen LogP contribution in [0, 0.1) is 11.3 Å². The third-order valence-electron chi connectivity index (χ3n) is 4.65. The smallest absolute Gasteiger partial charge is 0.221 e. The Morgan fingerprint density at radius 2 is 1.79 bits per heavy atom. The molecular weight excluding hydrogens is 352 g/mol. The Bertz CT molecular complexity index is 1030. The second-order valence-electron chi connectivity index (χ2n) is 6.70. The lowest BCUT2D eigenvalue weighted by Crippen LogP contribution is -2.23. The van der Waals surface area contributed by atoms with E-state index in [0.717, 1.165) is 33.3 Å². The molecule has 0 aliphatic heterocycles. The van der Waals surface area contributed by atoms with Gasteiger partial charge in [0.1, 0.15) is 0 Å². The van der Waals surface area contributed by atoms with Gasteiger partial charge in [-0.1, -0.05) is 42.5 Å². The molecule has 0 aliphatic rings. The van der Waals surface area contributed by atoms with Crippen molar-refractivity contribution in [3.63, 3.8) is 0 Å². The van der Waals surface area contributed by atoms with E-state index < -0.39 is 0 Å². The molecule has 0 atom stereocenters. The minimum Gasteiger partial charge on any atom is -0.369 e. The Morgan fingerprint density at radius 3 is 2.50 bits per heavy atom. The van der Waals surface area contributed by atoms with Gasteiger partial charge in [0.05, 0.1) is 18.9 Å². The van der Waals surface area contributed by atoms with Gasteiger partial charge in [0, 0.05) is 29.6 Å². The van der Waals surface area contributed by atoms with Crippen LogP contribution < -0.4 is 11.1 Å². The van der Waals surface area contributed by atoms with Crippen LogP contribution in [0.2, 0.25) is 0 Å². The minimum atomic E-state index is -0.367. The molecule has 4 N–H and O–H groups in total. The summed E-state index contributed by atoms with van der Waals surface area (Å²) in [5.74, 6) is -0.420. The lowest BCUT2D eigenvalue weighted by molar-refractivity contribution is -0.121. The molecule has 142 valence electrons. The molecule has 2 amide bonds. The maximum absolute atomic E-state index is 12.2. The van der Waals surface area contributed by atoms with Crippen molar-refractivity contribution >= 4 is 22.7 Å². The lowest BCUT2D eigenvalue weighted by Gasteiger charge is -2.07. The summed E-state index contributed by atoms with van der Waals surface area (Å²) in [7, 11) is 0. The monoisotopic (exact) mass is 374 g/mol. The van der Waals surface area contributed by atoms with Gasteiger partial charge in [-0.05, 0) is 29.2 Å². The molecule has 1 aromatic heterocycles. The lowest BCUT2D eigenvalue weighted by atomic mass is 10.1. The molecule has 6 heteroatoms. The van der Waals surface area contributed by atoms with Gasteiger partial charge in [-0.25, -0.2) is 0 Å². The number of aromatic nitrogens is 1. The zero-order chi connectivity index (χ0) is 19.9. The number of nitrogens with two attached hydrogens (primary N) is 1. The van der Waals surface area contributed by atoms with E-state index >= 15 is 0 Å². The van der Waals surface area contributed by atoms with Gasteiger partial charge in [0.15, 0.2) is 0 Å². The summed E-state index contributed by atoms with van der Waals surface area (Å²) >= 11 is 0. The predicted molar refractivity (Wildman–Crippen MR) is 107 cm³/mol. The highest BCUT2D eigenvalue weighted by Crippen LogP contribution is 2.23. The first kappa shape index (κ1) is 19.2. The third-order valence-corrected chi connectivity index (χ3v) is 4.65. The second kappa shape index (κ2) is 8.87. The van der Waals surface area contributed by atoms with Gasteiger partial charge in [-0.2, -0.15) is 5.26 Å². The van der Waals surface area contributed by atoms with E-state index in [0.29, 0.717) is 25.8 Å². The molecule has 0 radical (unpaired) electrons. The van der Waals surface area contributed by atoms with Crippen molar-refractivity contribution in [1.29, 1.82) is 5.26 Å². The number of nitrogens with zero attached hydrogens (tertiary/aromatic N) is 1. The van der Waals surface area contributed by atoms with Crippen molar-refractivity contribution in [1.82, 2.24) is 10.3 Å². The Balaban J connectivity index is 1.56. The van der Waals surface area contributed by atoms with Crippen LogP contribution in [0.4, 0.5) is 0 Å². The van der Waals surface area contributed by atoms with E-state index in [9.17, 15) is 9.59 Å². The molecular formula is C22H22N4O2. The molecule has 1 heterocycles. The fraction of sp³-hybridized carbons (Fsp3) is 0.227. The van der Waals surface area contributed by atoms with Gasteiger partial charge in [-0.15, -0.1) is 0 Å². The van der Waals surface area contributed by atoms with Crippen LogP contribution in [0.5, 0.6) is 0 Å². The van der Waals surface area contributed by atoms with E-state index in [4.69, 9.17) is 11.0 Å².